The summed E-state index contributed by atoms with van der Waals surface area (Å²) in [4.78, 5) is 18.3. The predicted octanol–water partition coefficient (Wildman–Crippen LogP) is 4.03. The van der Waals surface area contributed by atoms with Crippen molar-refractivity contribution in [1.29, 1.82) is 0 Å². The first kappa shape index (κ1) is 23.5. The smallest absolute Gasteiger partial charge is 0.321 e. The van der Waals surface area contributed by atoms with Gasteiger partial charge in [0.25, 0.3) is 0 Å². The van der Waals surface area contributed by atoms with Crippen LogP contribution >= 0.6 is 24.0 Å². The number of urea groups is 1. The Kier molecular flexibility index (Phi) is 11.2. The molecule has 1 aromatic rings. The van der Waals surface area contributed by atoms with Gasteiger partial charge < -0.3 is 20.9 Å². The lowest BCUT2D eigenvalue weighted by Gasteiger charge is -2.17. The number of likely N-dealkylation sites (tertiary alicyclic amines) is 1. The van der Waals surface area contributed by atoms with Crippen LogP contribution in [0, 0.1) is 5.92 Å². The lowest BCUT2D eigenvalue weighted by molar-refractivity contribution is 0.222. The highest BCUT2D eigenvalue weighted by Gasteiger charge is 2.17. The van der Waals surface area contributed by atoms with E-state index in [1.807, 2.05) is 29.2 Å². The van der Waals surface area contributed by atoms with Gasteiger partial charge in [0.2, 0.25) is 0 Å². The Morgan fingerprint density at radius 3 is 2.63 bits per heavy atom. The highest BCUT2D eigenvalue weighted by atomic mass is 127. The van der Waals surface area contributed by atoms with Gasteiger partial charge >= 0.3 is 6.03 Å². The van der Waals surface area contributed by atoms with E-state index in [1.54, 1.807) is 7.05 Å². The number of nitrogens with zero attached hydrogens (tertiary/aromatic N) is 2. The molecule has 1 fully saturated rings. The molecular formula is C20H34IN5O. The standard InChI is InChI=1S/C20H33N5O.HI/c1-16(2)8-7-11-22-19(21-3)23-15-17-9-6-10-18(14-17)24-20(26)25-12-4-5-13-25;/h6,9-10,14,16H,4-5,7-8,11-13,15H2,1-3H3,(H,24,26)(H2,21,22,23);1H. The van der Waals surface area contributed by atoms with E-state index in [2.05, 4.69) is 34.8 Å². The zero-order valence-corrected chi connectivity index (χ0v) is 19.1. The molecule has 2 rings (SSSR count). The van der Waals surface area contributed by atoms with E-state index in [0.717, 1.165) is 62.0 Å². The number of anilines is 1. The van der Waals surface area contributed by atoms with Gasteiger partial charge in [0.05, 0.1) is 0 Å². The number of carbonyl (C=O) groups excluding carboxylic acids is 1. The summed E-state index contributed by atoms with van der Waals surface area (Å²) < 4.78 is 0. The van der Waals surface area contributed by atoms with E-state index in [-0.39, 0.29) is 30.0 Å². The minimum absolute atomic E-state index is 0. The summed E-state index contributed by atoms with van der Waals surface area (Å²) in [5, 5.41) is 9.66. The van der Waals surface area contributed by atoms with Crippen LogP contribution in [0.15, 0.2) is 29.3 Å². The van der Waals surface area contributed by atoms with Crippen molar-refractivity contribution in [3.05, 3.63) is 29.8 Å². The number of guanidine groups is 1. The summed E-state index contributed by atoms with van der Waals surface area (Å²) in [6.07, 6.45) is 4.54. The van der Waals surface area contributed by atoms with E-state index in [4.69, 9.17) is 0 Å². The van der Waals surface area contributed by atoms with Crippen LogP contribution in [0.3, 0.4) is 0 Å². The molecule has 0 aliphatic carbocycles. The second-order valence-electron chi connectivity index (χ2n) is 7.21. The van der Waals surface area contributed by atoms with Gasteiger partial charge in [0.1, 0.15) is 0 Å². The molecule has 1 heterocycles. The van der Waals surface area contributed by atoms with E-state index in [9.17, 15) is 4.79 Å². The van der Waals surface area contributed by atoms with Crippen LogP contribution in [0.1, 0.15) is 45.1 Å². The van der Waals surface area contributed by atoms with E-state index < -0.39 is 0 Å². The molecule has 3 N–H and O–H groups in total. The quantitative estimate of drug-likeness (QED) is 0.236. The van der Waals surface area contributed by atoms with Gasteiger partial charge in [-0.2, -0.15) is 0 Å². The van der Waals surface area contributed by atoms with Crippen LogP contribution in [0.25, 0.3) is 0 Å². The number of amides is 2. The third-order valence-corrected chi connectivity index (χ3v) is 4.51. The van der Waals surface area contributed by atoms with Crippen molar-refractivity contribution >= 4 is 41.7 Å². The Bertz CT molecular complexity index is 600. The number of carbonyl (C=O) groups is 1. The molecule has 0 saturated carbocycles. The number of hydrogen-bond acceptors (Lipinski definition) is 2. The Labute approximate surface area is 180 Å². The number of rotatable bonds is 7. The Hall–Kier alpha value is -1.51. The fraction of sp³-hybridized carbons (Fsp3) is 0.600. The second-order valence-corrected chi connectivity index (χ2v) is 7.21. The summed E-state index contributed by atoms with van der Waals surface area (Å²) >= 11 is 0. The summed E-state index contributed by atoms with van der Waals surface area (Å²) in [6.45, 7) is 7.77. The van der Waals surface area contributed by atoms with Gasteiger partial charge in [0.15, 0.2) is 5.96 Å². The van der Waals surface area contributed by atoms with Gasteiger partial charge in [-0.05, 0) is 49.3 Å². The van der Waals surface area contributed by atoms with Crippen LogP contribution in [0.2, 0.25) is 0 Å². The Balaban J connectivity index is 0.00000364. The van der Waals surface area contributed by atoms with Crippen LogP contribution in [0.4, 0.5) is 10.5 Å². The van der Waals surface area contributed by atoms with Crippen LogP contribution in [0.5, 0.6) is 0 Å². The SMILES string of the molecule is CN=C(NCCCC(C)C)NCc1cccc(NC(=O)N2CCCC2)c1.I. The normalized spacial score (nSPS) is 14.1. The molecule has 1 aliphatic rings. The molecule has 7 heteroatoms. The van der Waals surface area contributed by atoms with Gasteiger partial charge in [-0.15, -0.1) is 24.0 Å². The van der Waals surface area contributed by atoms with Crippen molar-refractivity contribution in [3.63, 3.8) is 0 Å². The zero-order chi connectivity index (χ0) is 18.8. The number of hydrogen-bond donors (Lipinski definition) is 3. The molecule has 1 aromatic carbocycles. The molecule has 1 aliphatic heterocycles. The van der Waals surface area contributed by atoms with E-state index in [1.165, 1.54) is 6.42 Å². The third kappa shape index (κ3) is 8.81. The van der Waals surface area contributed by atoms with E-state index >= 15 is 0 Å². The topological polar surface area (TPSA) is 68.8 Å². The minimum atomic E-state index is -0.00441. The van der Waals surface area contributed by atoms with Crippen molar-refractivity contribution < 1.29 is 4.79 Å². The highest BCUT2D eigenvalue weighted by Crippen LogP contribution is 2.14. The third-order valence-electron chi connectivity index (χ3n) is 4.51. The van der Waals surface area contributed by atoms with Crippen LogP contribution in [-0.4, -0.2) is 43.6 Å². The maximum Gasteiger partial charge on any atom is 0.321 e. The molecule has 1 saturated heterocycles. The fourth-order valence-electron chi connectivity index (χ4n) is 3.01. The van der Waals surface area contributed by atoms with Crippen molar-refractivity contribution in [2.24, 2.45) is 10.9 Å². The van der Waals surface area contributed by atoms with Gasteiger partial charge in [-0.3, -0.25) is 4.99 Å². The molecule has 0 radical (unpaired) electrons. The number of benzene rings is 1. The summed E-state index contributed by atoms with van der Waals surface area (Å²) in [6, 6.07) is 7.94. The molecule has 2 amide bonds. The summed E-state index contributed by atoms with van der Waals surface area (Å²) in [5.74, 6) is 1.53. The van der Waals surface area contributed by atoms with Crippen molar-refractivity contribution in [2.75, 3.05) is 32.0 Å². The van der Waals surface area contributed by atoms with Crippen molar-refractivity contribution in [1.82, 2.24) is 15.5 Å². The fourth-order valence-corrected chi connectivity index (χ4v) is 3.01. The molecule has 0 spiro atoms. The lowest BCUT2D eigenvalue weighted by Crippen LogP contribution is -2.37. The Morgan fingerprint density at radius 2 is 1.96 bits per heavy atom. The molecular weight excluding hydrogens is 453 g/mol. The first-order valence-electron chi connectivity index (χ1n) is 9.68. The van der Waals surface area contributed by atoms with Gasteiger partial charge in [0, 0.05) is 38.9 Å². The molecule has 0 aromatic heterocycles. The minimum Gasteiger partial charge on any atom is -0.356 e. The zero-order valence-electron chi connectivity index (χ0n) is 16.8. The second kappa shape index (κ2) is 12.8. The highest BCUT2D eigenvalue weighted by molar-refractivity contribution is 14.0. The summed E-state index contributed by atoms with van der Waals surface area (Å²) in [7, 11) is 1.78. The van der Waals surface area contributed by atoms with Gasteiger partial charge in [-0.1, -0.05) is 26.0 Å². The monoisotopic (exact) mass is 487 g/mol. The average molecular weight is 487 g/mol. The molecule has 0 bridgehead atoms. The number of aliphatic imine (C=N–C) groups is 1. The van der Waals surface area contributed by atoms with Crippen LogP contribution in [-0.2, 0) is 6.54 Å². The first-order chi connectivity index (χ1) is 12.6. The average Bonchev–Trinajstić information content (AvgIpc) is 3.16. The van der Waals surface area contributed by atoms with Crippen molar-refractivity contribution in [3.8, 4) is 0 Å². The molecule has 27 heavy (non-hydrogen) atoms. The first-order valence-corrected chi connectivity index (χ1v) is 9.68. The predicted molar refractivity (Wildman–Crippen MR) is 124 cm³/mol. The number of halogens is 1. The largest absolute Gasteiger partial charge is 0.356 e. The Morgan fingerprint density at radius 1 is 1.22 bits per heavy atom. The maximum absolute atomic E-state index is 12.2. The molecule has 0 atom stereocenters. The molecule has 152 valence electrons. The number of nitrogens with one attached hydrogen (secondary N) is 3. The van der Waals surface area contributed by atoms with E-state index in [0.29, 0.717) is 6.54 Å². The van der Waals surface area contributed by atoms with Crippen LogP contribution < -0.4 is 16.0 Å². The summed E-state index contributed by atoms with van der Waals surface area (Å²) in [5.41, 5.74) is 1.94. The maximum atomic E-state index is 12.2. The molecule has 6 nitrogen and oxygen atoms in total. The van der Waals surface area contributed by atoms with Crippen molar-refractivity contribution in [2.45, 2.75) is 46.1 Å². The molecule has 0 unspecified atom stereocenters. The lowest BCUT2D eigenvalue weighted by atomic mass is 10.1. The van der Waals surface area contributed by atoms with Gasteiger partial charge in [-0.25, -0.2) is 4.79 Å².